The van der Waals surface area contributed by atoms with Gasteiger partial charge in [0.05, 0.1) is 11.3 Å². The van der Waals surface area contributed by atoms with E-state index in [2.05, 4.69) is 20.3 Å². The number of carbonyl (C=O) groups excluding carboxylic acids is 1. The Kier molecular flexibility index (Phi) is 6.44. The summed E-state index contributed by atoms with van der Waals surface area (Å²) in [6.07, 6.45) is 0.776. The molecule has 0 unspecified atom stereocenters. The molecule has 0 aliphatic carbocycles. The fourth-order valence-corrected chi connectivity index (χ4v) is 4.12. The van der Waals surface area contributed by atoms with Crippen LogP contribution in [0.3, 0.4) is 0 Å². The van der Waals surface area contributed by atoms with Gasteiger partial charge >= 0.3 is 6.09 Å². The number of fused-ring (bicyclic) bond motifs is 1. The van der Waals surface area contributed by atoms with Crippen molar-refractivity contribution >= 4 is 63.2 Å². The van der Waals surface area contributed by atoms with Crippen molar-refractivity contribution in [3.63, 3.8) is 0 Å². The molecule has 0 bridgehead atoms. The first-order valence-electron chi connectivity index (χ1n) is 10.6. The molecule has 2 aliphatic heterocycles. The number of rotatable bonds is 4. The number of ether oxygens (including phenoxy) is 2. The van der Waals surface area contributed by atoms with Crippen LogP contribution >= 0.6 is 34.8 Å². The zero-order valence-electron chi connectivity index (χ0n) is 19.1. The van der Waals surface area contributed by atoms with Gasteiger partial charge in [-0.3, -0.25) is 0 Å². The molecule has 0 saturated heterocycles. The Hall–Kier alpha value is -2.55. The van der Waals surface area contributed by atoms with E-state index in [9.17, 15) is 4.79 Å². The van der Waals surface area contributed by atoms with Crippen molar-refractivity contribution < 1.29 is 18.7 Å². The fraction of sp³-hybridized carbons (Fsp3) is 0.391. The molecule has 4 rings (SSSR count). The lowest BCUT2D eigenvalue weighted by Crippen LogP contribution is -2.37. The van der Waals surface area contributed by atoms with Crippen molar-refractivity contribution in [3.05, 3.63) is 53.4 Å². The molecular weight excluding hydrogens is 503 g/mol. The average molecular weight is 526 g/mol. The van der Waals surface area contributed by atoms with Gasteiger partial charge in [-0.05, 0) is 32.8 Å². The van der Waals surface area contributed by atoms with Crippen molar-refractivity contribution in [2.75, 3.05) is 0 Å². The maximum atomic E-state index is 12.3. The molecule has 11 heteroatoms. The minimum absolute atomic E-state index is 0.0479. The summed E-state index contributed by atoms with van der Waals surface area (Å²) in [5.41, 5.74) is 1.47. The van der Waals surface area contributed by atoms with Crippen LogP contribution in [0.5, 0.6) is 0 Å². The van der Waals surface area contributed by atoms with Gasteiger partial charge in [0.15, 0.2) is 11.5 Å². The van der Waals surface area contributed by atoms with Crippen molar-refractivity contribution in [1.29, 1.82) is 0 Å². The molecule has 0 spiro atoms. The summed E-state index contributed by atoms with van der Waals surface area (Å²) in [5, 5.41) is 2.98. The maximum absolute atomic E-state index is 12.3. The molecule has 2 aliphatic rings. The molecule has 3 heterocycles. The molecule has 8 nitrogen and oxygen atoms in total. The van der Waals surface area contributed by atoms with Crippen molar-refractivity contribution in [2.45, 2.75) is 50.7 Å². The van der Waals surface area contributed by atoms with Crippen LogP contribution in [0.15, 0.2) is 50.7 Å². The number of oxazole rings is 1. The fourth-order valence-electron chi connectivity index (χ4n) is 3.42. The summed E-state index contributed by atoms with van der Waals surface area (Å²) in [4.78, 5) is 25.4. The Morgan fingerprint density at radius 1 is 1.21 bits per heavy atom. The van der Waals surface area contributed by atoms with Crippen molar-refractivity contribution in [1.82, 2.24) is 10.3 Å². The smallest absolute Gasteiger partial charge is 0.408 e. The van der Waals surface area contributed by atoms with Gasteiger partial charge < -0.3 is 19.2 Å². The lowest BCUT2D eigenvalue weighted by molar-refractivity contribution is 0.0479. The highest BCUT2D eigenvalue weighted by molar-refractivity contribution is 6.78. The second-order valence-corrected chi connectivity index (χ2v) is 10.8. The second kappa shape index (κ2) is 8.91. The third-order valence-electron chi connectivity index (χ3n) is 4.89. The first kappa shape index (κ1) is 24.6. The van der Waals surface area contributed by atoms with Crippen LogP contribution in [-0.4, -0.2) is 32.2 Å². The van der Waals surface area contributed by atoms with Crippen LogP contribution in [-0.2, 0) is 9.47 Å². The lowest BCUT2D eigenvalue weighted by Gasteiger charge is -2.24. The van der Waals surface area contributed by atoms with Gasteiger partial charge in [0, 0.05) is 5.56 Å². The average Bonchev–Trinajstić information content (AvgIpc) is 3.39. The number of allylic oxidation sites excluding steroid dienone is 1. The number of halogens is 3. The highest BCUT2D eigenvalue weighted by Gasteiger charge is 2.44. The third kappa shape index (κ3) is 4.94. The quantitative estimate of drug-likeness (QED) is 0.363. The van der Waals surface area contributed by atoms with Crippen LogP contribution in [0.1, 0.15) is 57.8 Å². The Morgan fingerprint density at radius 3 is 2.59 bits per heavy atom. The van der Waals surface area contributed by atoms with Crippen molar-refractivity contribution in [3.8, 4) is 0 Å². The molecule has 1 amide bonds. The van der Waals surface area contributed by atoms with Gasteiger partial charge in [0.25, 0.3) is 4.46 Å². The summed E-state index contributed by atoms with van der Waals surface area (Å²) in [6, 6.07) is 6.80. The van der Waals surface area contributed by atoms with E-state index in [1.807, 2.05) is 38.1 Å². The van der Waals surface area contributed by atoms with E-state index in [1.54, 1.807) is 20.8 Å². The van der Waals surface area contributed by atoms with Crippen LogP contribution in [0.25, 0.3) is 5.57 Å². The number of aliphatic imine (C=N–C) groups is 2. The number of nitrogens with one attached hydrogen (secondary N) is 1. The number of hydrogen-bond acceptors (Lipinski definition) is 7. The molecule has 180 valence electrons. The number of alkyl halides is 2. The maximum Gasteiger partial charge on any atom is 0.408 e. The minimum Gasteiger partial charge on any atom is -0.446 e. The van der Waals surface area contributed by atoms with E-state index in [4.69, 9.17) is 48.7 Å². The number of nitrogens with zero attached hydrogens (tertiary/aromatic N) is 3. The van der Waals surface area contributed by atoms with E-state index >= 15 is 0 Å². The number of alkyl carbamates (subject to hydrolysis) is 1. The number of para-hydroxylation sites is 1. The van der Waals surface area contributed by atoms with Gasteiger partial charge in [0.1, 0.15) is 23.1 Å². The number of benzene rings is 1. The van der Waals surface area contributed by atoms with E-state index in [1.165, 1.54) is 6.26 Å². The van der Waals surface area contributed by atoms with Crippen LogP contribution in [0, 0.1) is 5.92 Å². The monoisotopic (exact) mass is 524 g/mol. The van der Waals surface area contributed by atoms with E-state index in [-0.39, 0.29) is 34.3 Å². The molecular formula is C23H23Cl3N4O4. The molecule has 2 aromatic rings. The largest absolute Gasteiger partial charge is 0.446 e. The minimum atomic E-state index is -1.75. The molecule has 1 aromatic heterocycles. The van der Waals surface area contributed by atoms with E-state index in [0.717, 1.165) is 5.56 Å². The number of amides is 1. The van der Waals surface area contributed by atoms with Gasteiger partial charge in [0.2, 0.25) is 11.8 Å². The van der Waals surface area contributed by atoms with Gasteiger partial charge in [-0.15, -0.1) is 0 Å². The predicted molar refractivity (Wildman–Crippen MR) is 132 cm³/mol. The van der Waals surface area contributed by atoms with Crippen LogP contribution in [0.4, 0.5) is 10.5 Å². The lowest BCUT2D eigenvalue weighted by atomic mass is 10.0. The van der Waals surface area contributed by atoms with Crippen LogP contribution < -0.4 is 5.32 Å². The number of hydrogen-bond donors (Lipinski definition) is 1. The second-order valence-electron chi connectivity index (χ2n) is 9.12. The third-order valence-corrected chi connectivity index (χ3v) is 5.67. The molecule has 0 fully saturated rings. The van der Waals surface area contributed by atoms with Crippen LogP contribution in [0.2, 0.25) is 0 Å². The summed E-state index contributed by atoms with van der Waals surface area (Å²) >= 11 is 19.4. The first-order chi connectivity index (χ1) is 15.9. The highest BCUT2D eigenvalue weighted by atomic mass is 35.5. The zero-order valence-corrected chi connectivity index (χ0v) is 21.4. The molecule has 34 heavy (non-hydrogen) atoms. The van der Waals surface area contributed by atoms with Gasteiger partial charge in [-0.1, -0.05) is 66.8 Å². The number of carbonyl (C=O) groups is 1. The Morgan fingerprint density at radius 2 is 1.91 bits per heavy atom. The summed E-state index contributed by atoms with van der Waals surface area (Å²) in [7, 11) is 0. The highest BCUT2D eigenvalue weighted by Crippen LogP contribution is 2.47. The predicted octanol–water partition coefficient (Wildman–Crippen LogP) is 6.50. The summed E-state index contributed by atoms with van der Waals surface area (Å²) in [6.45, 7) is 9.18. The SMILES string of the molecule is CC(C)[C@H](NC(=O)OC(C)(C)C)c1nc(C2=NC(Cl)(Cl)/C(=C3\C(Cl)=Nc4ccccc43)O2)co1. The normalized spacial score (nSPS) is 19.9. The van der Waals surface area contributed by atoms with E-state index < -0.39 is 22.2 Å². The standard InChI is InChI=1S/C23H23Cl3N4O4/c1-11(2)16(29-21(31)34-22(3,4)5)20-28-14(10-32-20)19-30-23(25,26)17(33-19)15-12-8-6-7-9-13(12)27-18(15)24/h6-11,16H,1-5H3,(H,29,31)/b17-15+/t16-/m0/s1. The van der Waals surface area contributed by atoms with Gasteiger partial charge in [-0.25, -0.2) is 19.8 Å². The Labute approximate surface area is 212 Å². The first-order valence-corrected chi connectivity index (χ1v) is 11.7. The van der Waals surface area contributed by atoms with E-state index in [0.29, 0.717) is 11.3 Å². The topological polar surface area (TPSA) is 98.3 Å². The molecule has 0 radical (unpaired) electrons. The molecule has 0 saturated carbocycles. The van der Waals surface area contributed by atoms with Crippen molar-refractivity contribution in [2.24, 2.45) is 15.9 Å². The zero-order chi connectivity index (χ0) is 24.8. The summed E-state index contributed by atoms with van der Waals surface area (Å²) in [5.74, 6) is 0.384. The molecule has 1 N–H and O–H groups in total. The molecule has 1 aromatic carbocycles. The number of aromatic nitrogens is 1. The van der Waals surface area contributed by atoms with Gasteiger partial charge in [-0.2, -0.15) is 0 Å². The summed E-state index contributed by atoms with van der Waals surface area (Å²) < 4.78 is 15.2. The Balaban J connectivity index is 1.61. The Bertz CT molecular complexity index is 1220. The molecule has 1 atom stereocenters.